The van der Waals surface area contributed by atoms with Crippen molar-refractivity contribution in [3.8, 4) is 0 Å². The van der Waals surface area contributed by atoms with E-state index in [0.717, 1.165) is 5.57 Å². The summed E-state index contributed by atoms with van der Waals surface area (Å²) in [5.74, 6) is 0. The summed E-state index contributed by atoms with van der Waals surface area (Å²) < 4.78 is 45.3. The summed E-state index contributed by atoms with van der Waals surface area (Å²) in [6.45, 7) is 6.20. The summed E-state index contributed by atoms with van der Waals surface area (Å²) >= 11 is 0. The summed E-state index contributed by atoms with van der Waals surface area (Å²) in [4.78, 5) is 0. The number of aliphatic hydroxyl groups excluding tert-OH is 3. The van der Waals surface area contributed by atoms with Gasteiger partial charge in [-0.2, -0.15) is 8.42 Å². The largest absolute Gasteiger partial charge is 0.397 e. The Hall–Kier alpha value is -0.890. The fourth-order valence-corrected chi connectivity index (χ4v) is 2.95. The standard InChI is InChI=1S/C16H28O10S/c1-4-16(3,20)7-5-6-10(2)9-24-15-13(19)12(18)14(11(8-17)25-15)26-27(21,22)23/h4,6,11-15,17-20H,1,5,7-9H2,2-3H3,(H,21,22,23)/b10-6-/t11-,12-,13-,14-,15-,16-/m1/s1. The van der Waals surface area contributed by atoms with Crippen molar-refractivity contribution >= 4 is 10.4 Å². The third-order valence-corrected chi connectivity index (χ3v) is 4.58. The maximum Gasteiger partial charge on any atom is 0.397 e. The number of rotatable bonds is 10. The quantitative estimate of drug-likeness (QED) is 0.229. The molecule has 1 heterocycles. The Morgan fingerprint density at radius 2 is 1.96 bits per heavy atom. The molecule has 158 valence electrons. The Balaban J connectivity index is 2.64. The number of aliphatic hydroxyl groups is 4. The van der Waals surface area contributed by atoms with E-state index in [-0.39, 0.29) is 6.61 Å². The van der Waals surface area contributed by atoms with Gasteiger partial charge in [0, 0.05) is 0 Å². The van der Waals surface area contributed by atoms with Crippen LogP contribution in [-0.4, -0.2) is 82.9 Å². The Kier molecular flexibility index (Phi) is 8.99. The molecule has 0 aromatic heterocycles. The second-order valence-electron chi connectivity index (χ2n) is 6.66. The summed E-state index contributed by atoms with van der Waals surface area (Å²) in [5.41, 5.74) is -0.224. The minimum atomic E-state index is -4.93. The maximum absolute atomic E-state index is 10.8. The van der Waals surface area contributed by atoms with E-state index >= 15 is 0 Å². The zero-order valence-electron chi connectivity index (χ0n) is 15.3. The molecule has 6 atom stereocenters. The van der Waals surface area contributed by atoms with E-state index in [0.29, 0.717) is 12.8 Å². The average molecular weight is 412 g/mol. The molecule has 1 aliphatic rings. The predicted molar refractivity (Wildman–Crippen MR) is 93.9 cm³/mol. The minimum absolute atomic E-state index is 0.0205. The third kappa shape index (κ3) is 7.94. The van der Waals surface area contributed by atoms with Gasteiger partial charge in [0.2, 0.25) is 0 Å². The molecule has 0 spiro atoms. The van der Waals surface area contributed by atoms with Crippen LogP contribution in [0.1, 0.15) is 26.7 Å². The molecule has 0 bridgehead atoms. The summed E-state index contributed by atoms with van der Waals surface area (Å²) in [7, 11) is -4.93. The Bertz CT molecular complexity index is 613. The van der Waals surface area contributed by atoms with Crippen LogP contribution in [-0.2, 0) is 24.1 Å². The summed E-state index contributed by atoms with van der Waals surface area (Å²) in [6.07, 6.45) is -3.58. The maximum atomic E-state index is 10.8. The molecule has 1 rings (SSSR count). The van der Waals surface area contributed by atoms with Gasteiger partial charge in [-0.1, -0.05) is 17.7 Å². The van der Waals surface area contributed by atoms with Gasteiger partial charge in [0.15, 0.2) is 6.29 Å². The fraction of sp³-hybridized carbons (Fsp3) is 0.750. The fourth-order valence-electron chi connectivity index (χ4n) is 2.43. The van der Waals surface area contributed by atoms with Crippen molar-refractivity contribution in [2.45, 2.75) is 63.0 Å². The highest BCUT2D eigenvalue weighted by Crippen LogP contribution is 2.25. The van der Waals surface area contributed by atoms with E-state index in [9.17, 15) is 28.8 Å². The highest BCUT2D eigenvalue weighted by molar-refractivity contribution is 7.80. The van der Waals surface area contributed by atoms with Crippen molar-refractivity contribution in [3.63, 3.8) is 0 Å². The normalized spacial score (nSPS) is 32.1. The van der Waals surface area contributed by atoms with Gasteiger partial charge in [-0.25, -0.2) is 4.18 Å². The van der Waals surface area contributed by atoms with Crippen molar-refractivity contribution in [2.75, 3.05) is 13.2 Å². The number of ether oxygens (including phenoxy) is 2. The lowest BCUT2D eigenvalue weighted by Crippen LogP contribution is -2.60. The first-order valence-electron chi connectivity index (χ1n) is 8.31. The SMILES string of the molecule is C=C[C@@](C)(O)CC/C=C(/C)CO[C@@H]1O[C@H](CO)[C@@H](OS(=O)(=O)O)[C@H](O)[C@H]1O. The second-order valence-corrected chi connectivity index (χ2v) is 7.70. The highest BCUT2D eigenvalue weighted by Gasteiger charge is 2.47. The molecule has 0 aromatic rings. The smallest absolute Gasteiger partial charge is 0.394 e. The zero-order valence-corrected chi connectivity index (χ0v) is 16.1. The van der Waals surface area contributed by atoms with Gasteiger partial charge in [-0.05, 0) is 26.7 Å². The molecule has 10 nitrogen and oxygen atoms in total. The van der Waals surface area contributed by atoms with Crippen LogP contribution in [0.25, 0.3) is 0 Å². The van der Waals surface area contributed by atoms with Gasteiger partial charge in [0.1, 0.15) is 24.4 Å². The Morgan fingerprint density at radius 3 is 2.48 bits per heavy atom. The Labute approximate surface area is 158 Å². The lowest BCUT2D eigenvalue weighted by Gasteiger charge is -2.40. The van der Waals surface area contributed by atoms with Gasteiger partial charge in [-0.15, -0.1) is 6.58 Å². The van der Waals surface area contributed by atoms with Gasteiger partial charge in [0.05, 0.1) is 18.8 Å². The predicted octanol–water partition coefficient (Wildman–Crippen LogP) is -0.706. The minimum Gasteiger partial charge on any atom is -0.394 e. The van der Waals surface area contributed by atoms with Gasteiger partial charge < -0.3 is 29.9 Å². The monoisotopic (exact) mass is 412 g/mol. The first-order chi connectivity index (χ1) is 12.4. The molecule has 0 saturated carbocycles. The van der Waals surface area contributed by atoms with Crippen molar-refractivity contribution in [2.24, 2.45) is 0 Å². The van der Waals surface area contributed by atoms with Crippen LogP contribution in [0.2, 0.25) is 0 Å². The van der Waals surface area contributed by atoms with Gasteiger partial charge in [0.25, 0.3) is 0 Å². The van der Waals surface area contributed by atoms with Crippen LogP contribution in [0.5, 0.6) is 0 Å². The molecule has 0 unspecified atom stereocenters. The number of hydrogen-bond acceptors (Lipinski definition) is 9. The summed E-state index contributed by atoms with van der Waals surface area (Å²) in [6, 6.07) is 0. The molecule has 0 amide bonds. The molecule has 0 aromatic carbocycles. The van der Waals surface area contributed by atoms with Crippen molar-refractivity contribution in [3.05, 3.63) is 24.3 Å². The molecular formula is C16H28O10S. The molecule has 5 N–H and O–H groups in total. The number of allylic oxidation sites excluding steroid dienone is 1. The highest BCUT2D eigenvalue weighted by atomic mass is 32.3. The van der Waals surface area contributed by atoms with Crippen LogP contribution in [0.15, 0.2) is 24.3 Å². The van der Waals surface area contributed by atoms with E-state index in [1.165, 1.54) is 6.08 Å². The molecule has 0 radical (unpaired) electrons. The van der Waals surface area contributed by atoms with Crippen LogP contribution in [0, 0.1) is 0 Å². The second kappa shape index (κ2) is 10.0. The molecule has 27 heavy (non-hydrogen) atoms. The zero-order chi connectivity index (χ0) is 20.8. The summed E-state index contributed by atoms with van der Waals surface area (Å²) in [5, 5.41) is 39.2. The van der Waals surface area contributed by atoms with Crippen molar-refractivity contribution in [1.82, 2.24) is 0 Å². The van der Waals surface area contributed by atoms with E-state index in [2.05, 4.69) is 10.8 Å². The van der Waals surface area contributed by atoms with E-state index < -0.39 is 53.3 Å². The molecule has 1 fully saturated rings. The van der Waals surface area contributed by atoms with Crippen LogP contribution >= 0.6 is 0 Å². The number of hydrogen-bond donors (Lipinski definition) is 5. The average Bonchev–Trinajstić information content (AvgIpc) is 2.57. The molecular weight excluding hydrogens is 384 g/mol. The van der Waals surface area contributed by atoms with Crippen LogP contribution in [0.4, 0.5) is 0 Å². The first kappa shape index (κ1) is 24.1. The third-order valence-electron chi connectivity index (χ3n) is 4.11. The first-order valence-corrected chi connectivity index (χ1v) is 9.68. The Morgan fingerprint density at radius 1 is 1.33 bits per heavy atom. The molecule has 1 aliphatic heterocycles. The van der Waals surface area contributed by atoms with Crippen molar-refractivity contribution < 1.29 is 47.1 Å². The van der Waals surface area contributed by atoms with Gasteiger partial charge >= 0.3 is 10.4 Å². The van der Waals surface area contributed by atoms with E-state index in [4.69, 9.17) is 14.0 Å². The van der Waals surface area contributed by atoms with Gasteiger partial charge in [-0.3, -0.25) is 4.55 Å². The van der Waals surface area contributed by atoms with Crippen molar-refractivity contribution in [1.29, 1.82) is 0 Å². The lowest BCUT2D eigenvalue weighted by molar-refractivity contribution is -0.295. The van der Waals surface area contributed by atoms with E-state index in [1.807, 2.05) is 6.08 Å². The molecule has 1 saturated heterocycles. The van der Waals surface area contributed by atoms with E-state index in [1.54, 1.807) is 13.8 Å². The molecule has 11 heteroatoms. The van der Waals surface area contributed by atoms with Crippen LogP contribution in [0.3, 0.4) is 0 Å². The molecule has 0 aliphatic carbocycles. The topological polar surface area (TPSA) is 163 Å². The van der Waals surface area contributed by atoms with Crippen LogP contribution < -0.4 is 0 Å². The lowest BCUT2D eigenvalue weighted by atomic mass is 9.99.